The molecule has 1 aromatic heterocycles. The van der Waals surface area contributed by atoms with Gasteiger partial charge in [-0.1, -0.05) is 47.8 Å². The van der Waals surface area contributed by atoms with Crippen molar-refractivity contribution in [3.05, 3.63) is 44.7 Å². The van der Waals surface area contributed by atoms with Crippen molar-refractivity contribution in [1.82, 2.24) is 9.78 Å². The van der Waals surface area contributed by atoms with E-state index in [2.05, 4.69) is 10.4 Å². The normalized spacial score (nSPS) is 10.8. The number of anilines is 1. The second kappa shape index (κ2) is 6.04. The molecule has 1 aromatic carbocycles. The number of nitrogens with zero attached hydrogens (tertiary/aromatic N) is 2. The Morgan fingerprint density at radius 3 is 2.58 bits per heavy atom. The van der Waals surface area contributed by atoms with E-state index in [1.165, 1.54) is 0 Å². The topological polar surface area (TPSA) is 29.9 Å². The molecule has 0 aliphatic rings. The van der Waals surface area contributed by atoms with Gasteiger partial charge in [-0.15, -0.1) is 0 Å². The van der Waals surface area contributed by atoms with Crippen LogP contribution in [0, 0.1) is 0 Å². The van der Waals surface area contributed by atoms with E-state index in [-0.39, 0.29) is 0 Å². The first-order valence-corrected chi connectivity index (χ1v) is 7.06. The van der Waals surface area contributed by atoms with Crippen LogP contribution in [0.1, 0.15) is 18.3 Å². The van der Waals surface area contributed by atoms with Crippen LogP contribution in [0.5, 0.6) is 0 Å². The zero-order valence-electron chi connectivity index (χ0n) is 10.7. The number of hydrogen-bond acceptors (Lipinski definition) is 2. The molecule has 0 saturated carbocycles. The zero-order valence-corrected chi connectivity index (χ0v) is 12.9. The van der Waals surface area contributed by atoms with E-state index in [4.69, 9.17) is 34.8 Å². The highest BCUT2D eigenvalue weighted by atomic mass is 35.5. The highest BCUT2D eigenvalue weighted by Crippen LogP contribution is 2.30. The molecule has 6 heteroatoms. The third kappa shape index (κ3) is 2.99. The van der Waals surface area contributed by atoms with Gasteiger partial charge in [0.1, 0.15) is 0 Å². The second-order valence-corrected chi connectivity index (χ2v) is 5.30. The Morgan fingerprint density at radius 1 is 1.21 bits per heavy atom. The molecule has 0 saturated heterocycles. The fourth-order valence-corrected chi connectivity index (χ4v) is 2.56. The van der Waals surface area contributed by atoms with Crippen LogP contribution in [0.15, 0.2) is 18.2 Å². The minimum absolute atomic E-state index is 0.512. The van der Waals surface area contributed by atoms with E-state index in [0.29, 0.717) is 21.6 Å². The summed E-state index contributed by atoms with van der Waals surface area (Å²) in [5.41, 5.74) is 2.61. The predicted molar refractivity (Wildman–Crippen MR) is 81.4 cm³/mol. The van der Waals surface area contributed by atoms with E-state index in [1.807, 2.05) is 26.1 Å². The summed E-state index contributed by atoms with van der Waals surface area (Å²) in [5, 5.41) is 9.34. The molecule has 2 aromatic rings. The molecular weight excluding hydrogens is 305 g/mol. The first-order valence-electron chi connectivity index (χ1n) is 5.92. The lowest BCUT2D eigenvalue weighted by Gasteiger charge is -2.09. The summed E-state index contributed by atoms with van der Waals surface area (Å²) in [6.07, 6.45) is 0.810. The Bertz CT molecular complexity index is 593. The van der Waals surface area contributed by atoms with Crippen LogP contribution in [0.2, 0.25) is 15.1 Å². The van der Waals surface area contributed by atoms with Crippen LogP contribution >= 0.6 is 34.8 Å². The molecule has 0 bridgehead atoms. The summed E-state index contributed by atoms with van der Waals surface area (Å²) in [5.74, 6) is 0. The van der Waals surface area contributed by atoms with Crippen LogP contribution in [0.4, 0.5) is 5.69 Å². The van der Waals surface area contributed by atoms with E-state index in [9.17, 15) is 0 Å². The van der Waals surface area contributed by atoms with Gasteiger partial charge in [0.15, 0.2) is 0 Å². The van der Waals surface area contributed by atoms with E-state index in [0.717, 1.165) is 23.5 Å². The van der Waals surface area contributed by atoms with Gasteiger partial charge < -0.3 is 5.32 Å². The maximum Gasteiger partial charge on any atom is 0.0868 e. The van der Waals surface area contributed by atoms with Crippen LogP contribution in [-0.4, -0.2) is 9.78 Å². The lowest BCUT2D eigenvalue weighted by atomic mass is 10.2. The first-order chi connectivity index (χ1) is 9.04. The van der Waals surface area contributed by atoms with Crippen LogP contribution in [0.3, 0.4) is 0 Å². The monoisotopic (exact) mass is 317 g/mol. The minimum atomic E-state index is 0.512. The molecule has 3 nitrogen and oxygen atoms in total. The first kappa shape index (κ1) is 14.5. The van der Waals surface area contributed by atoms with Gasteiger partial charge in [-0.3, -0.25) is 4.68 Å². The molecule has 0 aliphatic carbocycles. The van der Waals surface area contributed by atoms with E-state index >= 15 is 0 Å². The lowest BCUT2D eigenvalue weighted by Crippen LogP contribution is -2.06. The highest BCUT2D eigenvalue weighted by Gasteiger charge is 2.13. The van der Waals surface area contributed by atoms with Crippen molar-refractivity contribution >= 4 is 40.5 Å². The van der Waals surface area contributed by atoms with Crippen molar-refractivity contribution in [2.45, 2.75) is 19.9 Å². The minimum Gasteiger partial charge on any atom is -0.378 e. The third-order valence-corrected chi connectivity index (χ3v) is 4.16. The number of aryl methyl sites for hydroxylation is 2. The summed E-state index contributed by atoms with van der Waals surface area (Å²) < 4.78 is 1.78. The molecule has 1 N–H and O–H groups in total. The predicted octanol–water partition coefficient (Wildman–Crippen LogP) is 4.55. The summed E-state index contributed by atoms with van der Waals surface area (Å²) in [4.78, 5) is 0. The summed E-state index contributed by atoms with van der Waals surface area (Å²) in [6, 6.07) is 5.47. The molecule has 0 unspecified atom stereocenters. The third-order valence-electron chi connectivity index (χ3n) is 2.90. The van der Waals surface area contributed by atoms with Crippen molar-refractivity contribution in [3.63, 3.8) is 0 Å². The van der Waals surface area contributed by atoms with Crippen LogP contribution in [0.25, 0.3) is 0 Å². The molecule has 0 atom stereocenters. The molecule has 0 spiro atoms. The number of halogens is 3. The molecule has 19 heavy (non-hydrogen) atoms. The fraction of sp³-hybridized carbons (Fsp3) is 0.308. The second-order valence-electron chi connectivity index (χ2n) is 4.14. The Balaban J connectivity index is 2.19. The Hall–Kier alpha value is -0.900. The Labute approximate surface area is 127 Å². The molecule has 102 valence electrons. The smallest absolute Gasteiger partial charge is 0.0868 e. The molecule has 2 rings (SSSR count). The molecule has 0 radical (unpaired) electrons. The van der Waals surface area contributed by atoms with E-state index < -0.39 is 0 Å². The van der Waals surface area contributed by atoms with Gasteiger partial charge in [0.2, 0.25) is 0 Å². The SMILES string of the molecule is CCc1nn(C)c(CNc2cccc(Cl)c2Cl)c1Cl. The van der Waals surface area contributed by atoms with Crippen molar-refractivity contribution in [2.24, 2.45) is 7.05 Å². The van der Waals surface area contributed by atoms with Gasteiger partial charge in [0.25, 0.3) is 0 Å². The molecule has 0 aliphatic heterocycles. The summed E-state index contributed by atoms with van der Waals surface area (Å²) in [7, 11) is 1.88. The van der Waals surface area contributed by atoms with Crippen molar-refractivity contribution in [2.75, 3.05) is 5.32 Å². The Kier molecular flexibility index (Phi) is 4.61. The standard InChI is InChI=1S/C13H14Cl3N3/c1-3-9-13(16)11(19(2)18-9)7-17-10-6-4-5-8(14)12(10)15/h4-6,17H,3,7H2,1-2H3. The van der Waals surface area contributed by atoms with E-state index in [1.54, 1.807) is 10.7 Å². The molecule has 0 amide bonds. The average Bonchev–Trinajstić information content (AvgIpc) is 2.66. The number of rotatable bonds is 4. The lowest BCUT2D eigenvalue weighted by molar-refractivity contribution is 0.707. The zero-order chi connectivity index (χ0) is 14.0. The largest absolute Gasteiger partial charge is 0.378 e. The highest BCUT2D eigenvalue weighted by molar-refractivity contribution is 6.43. The Morgan fingerprint density at radius 2 is 1.95 bits per heavy atom. The van der Waals surface area contributed by atoms with Gasteiger partial charge >= 0.3 is 0 Å². The quantitative estimate of drug-likeness (QED) is 0.896. The van der Waals surface area contributed by atoms with Crippen molar-refractivity contribution in [3.8, 4) is 0 Å². The van der Waals surface area contributed by atoms with Crippen molar-refractivity contribution in [1.29, 1.82) is 0 Å². The van der Waals surface area contributed by atoms with Crippen LogP contribution < -0.4 is 5.32 Å². The van der Waals surface area contributed by atoms with Gasteiger partial charge in [-0.2, -0.15) is 5.10 Å². The van der Waals surface area contributed by atoms with Crippen molar-refractivity contribution < 1.29 is 0 Å². The van der Waals surface area contributed by atoms with Gasteiger partial charge in [-0.05, 0) is 18.6 Å². The molecule has 1 heterocycles. The average molecular weight is 319 g/mol. The number of benzene rings is 1. The fourth-order valence-electron chi connectivity index (χ4n) is 1.83. The number of nitrogens with one attached hydrogen (secondary N) is 1. The maximum atomic E-state index is 6.28. The molecular formula is C13H14Cl3N3. The summed E-state index contributed by atoms with van der Waals surface area (Å²) >= 11 is 18.4. The van der Waals surface area contributed by atoms with Gasteiger partial charge in [-0.25, -0.2) is 0 Å². The number of aromatic nitrogens is 2. The maximum absolute atomic E-state index is 6.28. The van der Waals surface area contributed by atoms with Gasteiger partial charge in [0, 0.05) is 7.05 Å². The molecule has 0 fully saturated rings. The summed E-state index contributed by atoms with van der Waals surface area (Å²) in [6.45, 7) is 2.57. The van der Waals surface area contributed by atoms with Gasteiger partial charge in [0.05, 0.1) is 38.7 Å². The van der Waals surface area contributed by atoms with Crippen LogP contribution in [-0.2, 0) is 20.0 Å². The number of hydrogen-bond donors (Lipinski definition) is 1.